The predicted octanol–water partition coefficient (Wildman–Crippen LogP) is 16.3. The Kier molecular flexibility index (Phi) is 44.2. The zero-order valence-corrected chi connectivity index (χ0v) is 38.8. The Hall–Kier alpha value is -1.59. The number of unbranched alkanes of at least 4 members (excludes halogenated alkanes) is 33. The summed E-state index contributed by atoms with van der Waals surface area (Å²) in [5, 5.41) is 0. The van der Waals surface area contributed by atoms with Gasteiger partial charge in [0, 0.05) is 19.3 Å². The molecule has 0 unspecified atom stereocenters. The maximum atomic E-state index is 12.7. The molecular formula is C51H98O6. The Morgan fingerprint density at radius 3 is 0.860 bits per heavy atom. The molecular weight excluding hydrogens is 709 g/mol. The molecule has 57 heavy (non-hydrogen) atoms. The highest BCUT2D eigenvalue weighted by Gasteiger charge is 2.19. The molecule has 0 radical (unpaired) electrons. The van der Waals surface area contributed by atoms with Gasteiger partial charge in [-0.25, -0.2) is 0 Å². The Labute approximate surface area is 355 Å². The van der Waals surface area contributed by atoms with Gasteiger partial charge in [-0.05, 0) is 25.2 Å². The molecule has 0 rings (SSSR count). The Morgan fingerprint density at radius 1 is 0.333 bits per heavy atom. The summed E-state index contributed by atoms with van der Waals surface area (Å²) < 4.78 is 16.8. The second-order valence-corrected chi connectivity index (χ2v) is 17.9. The summed E-state index contributed by atoms with van der Waals surface area (Å²) in [6.45, 7) is 9.00. The van der Waals surface area contributed by atoms with E-state index in [1.807, 2.05) is 0 Å². The van der Waals surface area contributed by atoms with E-state index in [1.54, 1.807) is 0 Å². The first-order valence-corrected chi connectivity index (χ1v) is 25.4. The summed E-state index contributed by atoms with van der Waals surface area (Å²) in [7, 11) is 0. The van der Waals surface area contributed by atoms with Crippen LogP contribution in [0.5, 0.6) is 0 Å². The molecule has 0 aromatic carbocycles. The minimum Gasteiger partial charge on any atom is -0.462 e. The van der Waals surface area contributed by atoms with E-state index in [4.69, 9.17) is 14.2 Å². The van der Waals surface area contributed by atoms with Gasteiger partial charge in [0.1, 0.15) is 13.2 Å². The molecule has 338 valence electrons. The van der Waals surface area contributed by atoms with Crippen molar-refractivity contribution in [3.63, 3.8) is 0 Å². The predicted molar refractivity (Wildman–Crippen MR) is 243 cm³/mol. The van der Waals surface area contributed by atoms with Crippen molar-refractivity contribution in [2.75, 3.05) is 13.2 Å². The van der Waals surface area contributed by atoms with Crippen LogP contribution in [-0.4, -0.2) is 37.2 Å². The lowest BCUT2D eigenvalue weighted by Gasteiger charge is -2.18. The number of rotatable bonds is 46. The van der Waals surface area contributed by atoms with Gasteiger partial charge in [0.25, 0.3) is 0 Å². The standard InChI is InChI=1S/C51H98O6/c1-5-7-9-11-13-15-17-19-20-21-23-27-31-35-39-43-50(53)56-46-48(57-51(54)44-40-36-32-28-24-25-29-33-37-41-47(3)4)45-55-49(52)42-38-34-30-26-22-18-16-14-12-10-8-6-2/h47-48H,5-46H2,1-4H3/t48-/m1/s1. The molecule has 1 atom stereocenters. The monoisotopic (exact) mass is 807 g/mol. The summed E-state index contributed by atoms with van der Waals surface area (Å²) in [6, 6.07) is 0. The topological polar surface area (TPSA) is 78.9 Å². The summed E-state index contributed by atoms with van der Waals surface area (Å²) in [6.07, 6.45) is 46.6. The maximum Gasteiger partial charge on any atom is 0.306 e. The van der Waals surface area contributed by atoms with Crippen LogP contribution in [0.15, 0.2) is 0 Å². The van der Waals surface area contributed by atoms with E-state index in [1.165, 1.54) is 180 Å². The summed E-state index contributed by atoms with van der Waals surface area (Å²) >= 11 is 0. The molecule has 0 N–H and O–H groups in total. The van der Waals surface area contributed by atoms with E-state index in [2.05, 4.69) is 27.7 Å². The fourth-order valence-corrected chi connectivity index (χ4v) is 7.69. The second-order valence-electron chi connectivity index (χ2n) is 17.9. The summed E-state index contributed by atoms with van der Waals surface area (Å²) in [4.78, 5) is 37.9. The Bertz CT molecular complexity index is 857. The average Bonchev–Trinajstić information content (AvgIpc) is 3.19. The highest BCUT2D eigenvalue weighted by atomic mass is 16.6. The van der Waals surface area contributed by atoms with Crippen molar-refractivity contribution in [3.05, 3.63) is 0 Å². The molecule has 0 spiro atoms. The van der Waals surface area contributed by atoms with Gasteiger partial charge >= 0.3 is 17.9 Å². The lowest BCUT2D eigenvalue weighted by atomic mass is 10.0. The zero-order valence-electron chi connectivity index (χ0n) is 38.8. The van der Waals surface area contributed by atoms with Crippen molar-refractivity contribution in [2.45, 2.75) is 291 Å². The van der Waals surface area contributed by atoms with Gasteiger partial charge in [0.05, 0.1) is 0 Å². The maximum absolute atomic E-state index is 12.7. The number of ether oxygens (including phenoxy) is 3. The average molecular weight is 807 g/mol. The van der Waals surface area contributed by atoms with Crippen LogP contribution in [0.4, 0.5) is 0 Å². The molecule has 6 nitrogen and oxygen atoms in total. The number of hydrogen-bond donors (Lipinski definition) is 0. The van der Waals surface area contributed by atoms with E-state index in [0.717, 1.165) is 63.7 Å². The van der Waals surface area contributed by atoms with Crippen LogP contribution < -0.4 is 0 Å². The first-order chi connectivity index (χ1) is 27.9. The summed E-state index contributed by atoms with van der Waals surface area (Å²) in [5.41, 5.74) is 0. The molecule has 0 heterocycles. The molecule has 0 saturated carbocycles. The van der Waals surface area contributed by atoms with Crippen molar-refractivity contribution in [1.82, 2.24) is 0 Å². The number of carbonyl (C=O) groups is 3. The quantitative estimate of drug-likeness (QED) is 0.0346. The smallest absolute Gasteiger partial charge is 0.306 e. The van der Waals surface area contributed by atoms with Crippen molar-refractivity contribution >= 4 is 17.9 Å². The van der Waals surface area contributed by atoms with Gasteiger partial charge in [-0.3, -0.25) is 14.4 Å². The Morgan fingerprint density at radius 2 is 0.579 bits per heavy atom. The molecule has 0 aliphatic heterocycles. The van der Waals surface area contributed by atoms with Gasteiger partial charge in [-0.2, -0.15) is 0 Å². The fourth-order valence-electron chi connectivity index (χ4n) is 7.69. The highest BCUT2D eigenvalue weighted by Crippen LogP contribution is 2.17. The van der Waals surface area contributed by atoms with Gasteiger partial charge in [0.15, 0.2) is 6.10 Å². The molecule has 0 aliphatic rings. The van der Waals surface area contributed by atoms with E-state index in [-0.39, 0.29) is 31.1 Å². The molecule has 0 aliphatic carbocycles. The first-order valence-electron chi connectivity index (χ1n) is 25.4. The van der Waals surface area contributed by atoms with Gasteiger partial charge in [-0.15, -0.1) is 0 Å². The van der Waals surface area contributed by atoms with Gasteiger partial charge in [-0.1, -0.05) is 246 Å². The van der Waals surface area contributed by atoms with Crippen LogP contribution in [0, 0.1) is 5.92 Å². The van der Waals surface area contributed by atoms with Gasteiger partial charge in [0.2, 0.25) is 0 Å². The Balaban J connectivity index is 4.30. The zero-order chi connectivity index (χ0) is 41.7. The van der Waals surface area contributed by atoms with Crippen molar-refractivity contribution < 1.29 is 28.6 Å². The van der Waals surface area contributed by atoms with Crippen LogP contribution in [0.2, 0.25) is 0 Å². The molecule has 0 saturated heterocycles. The van der Waals surface area contributed by atoms with E-state index in [9.17, 15) is 14.4 Å². The third kappa shape index (κ3) is 45.3. The van der Waals surface area contributed by atoms with Crippen LogP contribution in [0.3, 0.4) is 0 Å². The minimum absolute atomic E-state index is 0.0631. The lowest BCUT2D eigenvalue weighted by molar-refractivity contribution is -0.167. The highest BCUT2D eigenvalue weighted by molar-refractivity contribution is 5.71. The molecule has 0 aromatic heterocycles. The molecule has 0 fully saturated rings. The first kappa shape index (κ1) is 55.4. The molecule has 0 aromatic rings. The van der Waals surface area contributed by atoms with E-state index < -0.39 is 6.10 Å². The van der Waals surface area contributed by atoms with E-state index >= 15 is 0 Å². The van der Waals surface area contributed by atoms with Crippen LogP contribution in [0.25, 0.3) is 0 Å². The van der Waals surface area contributed by atoms with Crippen LogP contribution in [0.1, 0.15) is 285 Å². The number of carbonyl (C=O) groups excluding carboxylic acids is 3. The molecule has 0 amide bonds. The van der Waals surface area contributed by atoms with Crippen molar-refractivity contribution in [2.24, 2.45) is 5.92 Å². The third-order valence-corrected chi connectivity index (χ3v) is 11.5. The normalized spacial score (nSPS) is 11.9. The molecule has 0 bridgehead atoms. The largest absolute Gasteiger partial charge is 0.462 e. The summed E-state index contributed by atoms with van der Waals surface area (Å²) in [5.74, 6) is -0.0410. The van der Waals surface area contributed by atoms with Crippen molar-refractivity contribution in [3.8, 4) is 0 Å². The third-order valence-electron chi connectivity index (χ3n) is 11.5. The van der Waals surface area contributed by atoms with E-state index in [0.29, 0.717) is 19.3 Å². The number of hydrogen-bond acceptors (Lipinski definition) is 6. The molecule has 6 heteroatoms. The lowest BCUT2D eigenvalue weighted by Crippen LogP contribution is -2.30. The van der Waals surface area contributed by atoms with Gasteiger partial charge < -0.3 is 14.2 Å². The van der Waals surface area contributed by atoms with Crippen molar-refractivity contribution in [1.29, 1.82) is 0 Å². The van der Waals surface area contributed by atoms with Crippen LogP contribution in [-0.2, 0) is 28.6 Å². The fraction of sp³-hybridized carbons (Fsp3) is 0.941. The van der Waals surface area contributed by atoms with Crippen LogP contribution >= 0.6 is 0 Å². The minimum atomic E-state index is -0.760. The number of esters is 3. The second kappa shape index (κ2) is 45.5. The SMILES string of the molecule is CCCCCCCCCCCCCCCCCC(=O)OC[C@@H](COC(=O)CCCCCCCCCCCCCC)OC(=O)CCCCCCCCCCCC(C)C.